The van der Waals surface area contributed by atoms with Crippen LogP contribution in [-0.2, 0) is 6.61 Å². The molecule has 0 aliphatic rings. The van der Waals surface area contributed by atoms with Gasteiger partial charge < -0.3 is 10.1 Å². The van der Waals surface area contributed by atoms with Gasteiger partial charge in [-0.1, -0.05) is 0 Å². The highest BCUT2D eigenvalue weighted by atomic mass is 35.5. The number of nitrogens with zero attached hydrogens (tertiary/aromatic N) is 1. The highest BCUT2D eigenvalue weighted by Crippen LogP contribution is 2.20. The lowest BCUT2D eigenvalue weighted by Gasteiger charge is -2.02. The third-order valence-electron chi connectivity index (χ3n) is 2.07. The number of aliphatic hydroxyl groups excluding tert-OH is 1. The number of aromatic amines is 1. The third-order valence-corrected chi connectivity index (χ3v) is 2.27. The Bertz CT molecular complexity index is 493. The van der Waals surface area contributed by atoms with Gasteiger partial charge in [-0.3, -0.25) is 4.79 Å². The molecule has 1 aromatic carbocycles. The molecule has 0 fully saturated rings. The van der Waals surface area contributed by atoms with Gasteiger partial charge in [0.05, 0.1) is 24.0 Å². The van der Waals surface area contributed by atoms with Crippen molar-refractivity contribution in [1.29, 1.82) is 0 Å². The number of fused-ring (bicyclic) bond motifs is 1. The minimum atomic E-state index is -0.584. The fourth-order valence-electron chi connectivity index (χ4n) is 1.41. The lowest BCUT2D eigenvalue weighted by Crippen LogP contribution is -1.98. The van der Waals surface area contributed by atoms with Crippen molar-refractivity contribution in [1.82, 2.24) is 9.97 Å². The first-order valence-electron chi connectivity index (χ1n) is 3.99. The fraction of sp³-hybridized carbons (Fsp3) is 0.111. The number of benzene rings is 1. The lowest BCUT2D eigenvalue weighted by molar-refractivity contribution is 0.107. The molecular weight excluding hydrogens is 204 g/mol. The topological polar surface area (TPSA) is 66.0 Å². The van der Waals surface area contributed by atoms with Gasteiger partial charge in [-0.05, 0) is 23.7 Å². The molecule has 0 atom stereocenters. The van der Waals surface area contributed by atoms with Crippen molar-refractivity contribution >= 4 is 27.9 Å². The van der Waals surface area contributed by atoms with Gasteiger partial charge in [0.2, 0.25) is 0 Å². The molecule has 5 heteroatoms. The number of imidazole rings is 1. The Kier molecular flexibility index (Phi) is 2.23. The van der Waals surface area contributed by atoms with E-state index < -0.39 is 5.24 Å². The number of aliphatic hydroxyl groups is 1. The number of H-pyrrole nitrogens is 1. The molecule has 0 saturated heterocycles. The number of rotatable bonds is 2. The molecule has 4 nitrogen and oxygen atoms in total. The number of nitrogens with one attached hydrogen (secondary N) is 1. The zero-order valence-electron chi connectivity index (χ0n) is 7.12. The molecular formula is C9H7ClN2O2. The van der Waals surface area contributed by atoms with Crippen molar-refractivity contribution in [3.05, 3.63) is 29.6 Å². The number of carbonyl (C=O) groups excluding carboxylic acids is 1. The van der Waals surface area contributed by atoms with E-state index in [-0.39, 0.29) is 6.61 Å². The first-order valence-corrected chi connectivity index (χ1v) is 4.37. The van der Waals surface area contributed by atoms with Crippen molar-refractivity contribution in [2.45, 2.75) is 6.61 Å². The summed E-state index contributed by atoms with van der Waals surface area (Å²) in [5.74, 6) is 0. The summed E-state index contributed by atoms with van der Waals surface area (Å²) < 4.78 is 0. The van der Waals surface area contributed by atoms with Crippen LogP contribution in [0.25, 0.3) is 11.0 Å². The Labute approximate surface area is 84.5 Å². The second-order valence-electron chi connectivity index (χ2n) is 2.82. The Morgan fingerprint density at radius 2 is 2.36 bits per heavy atom. The maximum atomic E-state index is 11.0. The zero-order chi connectivity index (χ0) is 10.1. The SMILES string of the molecule is O=C(Cl)c1ccc2[nH]cnc2c1CO. The molecule has 0 aliphatic heterocycles. The van der Waals surface area contributed by atoms with Gasteiger partial charge in [0.25, 0.3) is 5.24 Å². The van der Waals surface area contributed by atoms with E-state index in [9.17, 15) is 4.79 Å². The maximum absolute atomic E-state index is 11.0. The Balaban J connectivity index is 2.78. The molecule has 1 heterocycles. The molecule has 0 spiro atoms. The predicted molar refractivity (Wildman–Crippen MR) is 52.2 cm³/mol. The average Bonchev–Trinajstić information content (AvgIpc) is 2.63. The number of aromatic nitrogens is 2. The molecule has 0 unspecified atom stereocenters. The van der Waals surface area contributed by atoms with Gasteiger partial charge in [0, 0.05) is 11.1 Å². The number of hydrogen-bond donors (Lipinski definition) is 2. The van der Waals surface area contributed by atoms with Crippen LogP contribution in [0, 0.1) is 0 Å². The third kappa shape index (κ3) is 1.29. The Morgan fingerprint density at radius 3 is 3.00 bits per heavy atom. The second kappa shape index (κ2) is 3.40. The zero-order valence-corrected chi connectivity index (χ0v) is 7.88. The highest BCUT2D eigenvalue weighted by molar-refractivity contribution is 6.68. The van der Waals surface area contributed by atoms with Crippen LogP contribution in [0.5, 0.6) is 0 Å². The molecule has 14 heavy (non-hydrogen) atoms. The normalized spacial score (nSPS) is 10.7. The summed E-state index contributed by atoms with van der Waals surface area (Å²) in [4.78, 5) is 17.9. The summed E-state index contributed by atoms with van der Waals surface area (Å²) in [6, 6.07) is 3.28. The van der Waals surface area contributed by atoms with E-state index in [0.29, 0.717) is 16.6 Å². The maximum Gasteiger partial charge on any atom is 0.252 e. The van der Waals surface area contributed by atoms with Crippen molar-refractivity contribution in [2.24, 2.45) is 0 Å². The molecule has 0 saturated carbocycles. The van der Waals surface area contributed by atoms with Gasteiger partial charge in [0.1, 0.15) is 0 Å². The van der Waals surface area contributed by atoms with Gasteiger partial charge in [-0.2, -0.15) is 0 Å². The summed E-state index contributed by atoms with van der Waals surface area (Å²) in [7, 11) is 0. The minimum absolute atomic E-state index is 0.254. The summed E-state index contributed by atoms with van der Waals surface area (Å²) in [6.45, 7) is -0.254. The monoisotopic (exact) mass is 210 g/mol. The first-order chi connectivity index (χ1) is 6.74. The van der Waals surface area contributed by atoms with Crippen molar-refractivity contribution in [3.8, 4) is 0 Å². The van der Waals surface area contributed by atoms with Crippen LogP contribution in [0.1, 0.15) is 15.9 Å². The van der Waals surface area contributed by atoms with Gasteiger partial charge in [-0.15, -0.1) is 0 Å². The van der Waals surface area contributed by atoms with E-state index >= 15 is 0 Å². The molecule has 2 N–H and O–H groups in total. The standard InChI is InChI=1S/C9H7ClN2O2/c10-9(14)5-1-2-7-8(6(5)3-13)12-4-11-7/h1-2,4,13H,3H2,(H,11,12). The van der Waals surface area contributed by atoms with E-state index in [1.807, 2.05) is 0 Å². The van der Waals surface area contributed by atoms with Crippen LogP contribution in [0.15, 0.2) is 18.5 Å². The second-order valence-corrected chi connectivity index (χ2v) is 3.17. The summed E-state index contributed by atoms with van der Waals surface area (Å²) in [5.41, 5.74) is 2.12. The van der Waals surface area contributed by atoms with Crippen LogP contribution in [-0.4, -0.2) is 20.3 Å². The number of carbonyl (C=O) groups is 1. The Morgan fingerprint density at radius 1 is 1.57 bits per heavy atom. The van der Waals surface area contributed by atoms with Crippen LogP contribution in [0.4, 0.5) is 0 Å². The molecule has 0 aliphatic carbocycles. The smallest absolute Gasteiger partial charge is 0.252 e. The largest absolute Gasteiger partial charge is 0.392 e. The molecule has 0 amide bonds. The summed E-state index contributed by atoms with van der Waals surface area (Å²) in [5, 5.41) is 8.53. The van der Waals surface area contributed by atoms with E-state index in [1.54, 1.807) is 12.1 Å². The van der Waals surface area contributed by atoms with Crippen LogP contribution < -0.4 is 0 Å². The van der Waals surface area contributed by atoms with Gasteiger partial charge >= 0.3 is 0 Å². The Hall–Kier alpha value is -1.39. The molecule has 72 valence electrons. The van der Waals surface area contributed by atoms with Crippen molar-refractivity contribution in [3.63, 3.8) is 0 Å². The van der Waals surface area contributed by atoms with E-state index in [0.717, 1.165) is 5.52 Å². The van der Waals surface area contributed by atoms with Crippen LogP contribution in [0.3, 0.4) is 0 Å². The van der Waals surface area contributed by atoms with Crippen molar-refractivity contribution in [2.75, 3.05) is 0 Å². The van der Waals surface area contributed by atoms with Gasteiger partial charge in [0.15, 0.2) is 0 Å². The lowest BCUT2D eigenvalue weighted by atomic mass is 10.1. The van der Waals surface area contributed by atoms with Crippen molar-refractivity contribution < 1.29 is 9.90 Å². The average molecular weight is 211 g/mol. The molecule has 0 bridgehead atoms. The van der Waals surface area contributed by atoms with E-state index in [4.69, 9.17) is 16.7 Å². The van der Waals surface area contributed by atoms with Gasteiger partial charge in [-0.25, -0.2) is 4.98 Å². The van der Waals surface area contributed by atoms with Crippen LogP contribution in [0.2, 0.25) is 0 Å². The molecule has 2 rings (SSSR count). The summed E-state index contributed by atoms with van der Waals surface area (Å²) in [6.07, 6.45) is 1.51. The molecule has 1 aromatic heterocycles. The first kappa shape index (κ1) is 9.18. The molecule has 2 aromatic rings. The number of hydrogen-bond acceptors (Lipinski definition) is 3. The minimum Gasteiger partial charge on any atom is -0.392 e. The highest BCUT2D eigenvalue weighted by Gasteiger charge is 2.12. The quantitative estimate of drug-likeness (QED) is 0.737. The predicted octanol–water partition coefficient (Wildman–Crippen LogP) is 1.43. The summed E-state index contributed by atoms with van der Waals surface area (Å²) >= 11 is 5.37. The van der Waals surface area contributed by atoms with Crippen LogP contribution >= 0.6 is 11.6 Å². The van der Waals surface area contributed by atoms with E-state index in [1.165, 1.54) is 6.33 Å². The van der Waals surface area contributed by atoms with E-state index in [2.05, 4.69) is 9.97 Å². The fourth-order valence-corrected chi connectivity index (χ4v) is 1.59. The number of halogens is 1. The molecule has 0 radical (unpaired) electrons.